The molecule has 0 saturated carbocycles. The third-order valence-corrected chi connectivity index (χ3v) is 9.17. The van der Waals surface area contributed by atoms with E-state index in [-0.39, 0.29) is 11.1 Å². The second kappa shape index (κ2) is 12.0. The van der Waals surface area contributed by atoms with Crippen LogP contribution in [0.15, 0.2) is 53.1 Å². The van der Waals surface area contributed by atoms with E-state index in [1.54, 1.807) is 19.9 Å². The van der Waals surface area contributed by atoms with E-state index in [9.17, 15) is 14.2 Å². The number of dihydropyridines is 1. The maximum Gasteiger partial charge on any atom is 0.274 e. The van der Waals surface area contributed by atoms with Crippen molar-refractivity contribution in [3.8, 4) is 5.19 Å². The molecule has 0 spiro atoms. The fourth-order valence-electron chi connectivity index (χ4n) is 4.69. The monoisotopic (exact) mass is 583 g/mol. The lowest BCUT2D eigenvalue weighted by molar-refractivity contribution is 0.133. The van der Waals surface area contributed by atoms with Gasteiger partial charge in [0.25, 0.3) is 5.19 Å². The molecule has 11 heteroatoms. The van der Waals surface area contributed by atoms with Crippen molar-refractivity contribution in [2.24, 2.45) is 4.99 Å². The Kier molecular flexibility index (Phi) is 8.58. The van der Waals surface area contributed by atoms with Gasteiger partial charge in [-0.1, -0.05) is 30.7 Å². The van der Waals surface area contributed by atoms with E-state index in [1.807, 2.05) is 24.5 Å². The number of piperidine rings is 1. The first-order valence-corrected chi connectivity index (χ1v) is 16.1. The summed E-state index contributed by atoms with van der Waals surface area (Å²) in [4.78, 5) is 20.4. The highest BCUT2D eigenvalue weighted by Gasteiger charge is 2.24. The molecule has 0 bridgehead atoms. The Morgan fingerprint density at radius 2 is 1.93 bits per heavy atom. The van der Waals surface area contributed by atoms with Crippen LogP contribution in [0, 0.1) is 0 Å². The summed E-state index contributed by atoms with van der Waals surface area (Å²) in [6, 6.07) is 6.06. The number of hydrogen-bond donors (Lipinski definition) is 3. The number of aromatic nitrogens is 3. The summed E-state index contributed by atoms with van der Waals surface area (Å²) in [5.41, 5.74) is 2.89. The zero-order valence-corrected chi connectivity index (χ0v) is 24.8. The van der Waals surface area contributed by atoms with Crippen molar-refractivity contribution in [1.29, 1.82) is 0 Å². The molecule has 1 aromatic carbocycles. The number of aryl methyl sites for hydroxylation is 1. The third-order valence-electron chi connectivity index (χ3n) is 6.88. The minimum absolute atomic E-state index is 0.0950. The minimum Gasteiger partial charge on any atom is -0.467 e. The lowest BCUT2D eigenvalue weighted by Gasteiger charge is -2.31. The first kappa shape index (κ1) is 28.7. The summed E-state index contributed by atoms with van der Waals surface area (Å²) in [5, 5.41) is 12.1. The van der Waals surface area contributed by atoms with Crippen molar-refractivity contribution in [3.63, 3.8) is 0 Å². The van der Waals surface area contributed by atoms with Gasteiger partial charge >= 0.3 is 0 Å². The smallest absolute Gasteiger partial charge is 0.274 e. The number of hydrogen-bond acceptors (Lipinski definition) is 10. The SMILES string of the molecule is CCCc1cnc(N2CCC(Oc3nc4ccc(C5=CC(S(O)(O)C=CC(C)(C)O)=NCC5)cc4s3)CC2)nc1. The van der Waals surface area contributed by atoms with E-state index in [2.05, 4.69) is 32.9 Å². The molecule has 40 heavy (non-hydrogen) atoms. The number of fused-ring (bicyclic) bond motifs is 1. The Morgan fingerprint density at radius 1 is 1.18 bits per heavy atom. The average Bonchev–Trinajstić information content (AvgIpc) is 3.34. The molecule has 0 atom stereocenters. The van der Waals surface area contributed by atoms with Crippen LogP contribution in [0.4, 0.5) is 5.95 Å². The van der Waals surface area contributed by atoms with Gasteiger partial charge < -0.3 is 14.7 Å². The fourth-order valence-corrected chi connectivity index (χ4v) is 6.87. The largest absolute Gasteiger partial charge is 0.467 e. The van der Waals surface area contributed by atoms with Crippen molar-refractivity contribution in [2.75, 3.05) is 24.5 Å². The second-order valence-electron chi connectivity index (χ2n) is 10.8. The molecule has 4 heterocycles. The highest BCUT2D eigenvalue weighted by molar-refractivity contribution is 8.39. The maximum absolute atomic E-state index is 10.6. The standard InChI is InChI=1S/C29H37N5O4S2/c1-4-5-20-18-31-27(32-19-20)34-13-9-23(10-14-34)38-28-33-24-7-6-21(16-25(24)39-28)22-8-12-30-26(17-22)40(36,37)15-11-29(2,3)35/h6-7,11,15-19,23,35-37H,4-5,8-10,12-14H2,1-3H3. The lowest BCUT2D eigenvalue weighted by atomic mass is 10.0. The Bertz CT molecular complexity index is 1420. The topological polar surface area (TPSA) is 124 Å². The summed E-state index contributed by atoms with van der Waals surface area (Å²) >= 11 is 1.53. The van der Waals surface area contributed by atoms with Crippen LogP contribution in [0.1, 0.15) is 57.6 Å². The molecule has 0 radical (unpaired) electrons. The number of ether oxygens (including phenoxy) is 1. The normalized spacial score (nSPS) is 17.8. The first-order chi connectivity index (χ1) is 19.1. The van der Waals surface area contributed by atoms with Crippen LogP contribution in [0.5, 0.6) is 5.19 Å². The summed E-state index contributed by atoms with van der Waals surface area (Å²) in [5.74, 6) is 0.783. The first-order valence-electron chi connectivity index (χ1n) is 13.7. The van der Waals surface area contributed by atoms with Gasteiger partial charge in [-0.3, -0.25) is 14.1 Å². The number of nitrogens with zero attached hydrogens (tertiary/aromatic N) is 5. The molecule has 9 nitrogen and oxygen atoms in total. The minimum atomic E-state index is -3.25. The van der Waals surface area contributed by atoms with Crippen LogP contribution in [-0.4, -0.2) is 65.5 Å². The van der Waals surface area contributed by atoms with E-state index in [0.717, 1.165) is 66.1 Å². The van der Waals surface area contributed by atoms with Crippen molar-refractivity contribution in [2.45, 2.75) is 64.6 Å². The molecule has 2 aromatic heterocycles. The van der Waals surface area contributed by atoms with Crippen LogP contribution in [-0.2, 0) is 6.42 Å². The number of anilines is 1. The number of aliphatic hydroxyl groups is 1. The molecule has 0 amide bonds. The molecule has 0 aliphatic carbocycles. The van der Waals surface area contributed by atoms with Gasteiger partial charge in [-0.05, 0) is 67.7 Å². The molecule has 3 aromatic rings. The molecule has 5 rings (SSSR count). The average molecular weight is 584 g/mol. The second-order valence-corrected chi connectivity index (χ2v) is 13.7. The third kappa shape index (κ3) is 7.08. The van der Waals surface area contributed by atoms with Gasteiger partial charge in [0.15, 0.2) is 0 Å². The van der Waals surface area contributed by atoms with E-state index >= 15 is 0 Å². The zero-order valence-electron chi connectivity index (χ0n) is 23.2. The van der Waals surface area contributed by atoms with Gasteiger partial charge in [0.2, 0.25) is 5.95 Å². The predicted octanol–water partition coefficient (Wildman–Crippen LogP) is 6.31. The van der Waals surface area contributed by atoms with Gasteiger partial charge in [-0.2, -0.15) is 0 Å². The van der Waals surface area contributed by atoms with Crippen LogP contribution in [0.25, 0.3) is 15.8 Å². The van der Waals surface area contributed by atoms with Crippen LogP contribution in [0.3, 0.4) is 0 Å². The van der Waals surface area contributed by atoms with E-state index in [4.69, 9.17) is 9.72 Å². The van der Waals surface area contributed by atoms with E-state index < -0.39 is 16.2 Å². The van der Waals surface area contributed by atoms with Crippen molar-refractivity contribution in [3.05, 3.63) is 59.3 Å². The van der Waals surface area contributed by atoms with Gasteiger partial charge in [-0.25, -0.2) is 15.0 Å². The highest BCUT2D eigenvalue weighted by atomic mass is 32.3. The number of rotatable bonds is 8. The highest BCUT2D eigenvalue weighted by Crippen LogP contribution is 2.45. The maximum atomic E-state index is 10.6. The number of thiazole rings is 1. The Balaban J connectivity index is 1.23. The molecule has 2 aliphatic heterocycles. The molecular weight excluding hydrogens is 546 g/mol. The van der Waals surface area contributed by atoms with Crippen molar-refractivity contribution >= 4 is 48.7 Å². The summed E-state index contributed by atoms with van der Waals surface area (Å²) < 4.78 is 28.6. The van der Waals surface area contributed by atoms with Crippen molar-refractivity contribution in [1.82, 2.24) is 15.0 Å². The molecule has 214 valence electrons. The van der Waals surface area contributed by atoms with Crippen LogP contribution >= 0.6 is 21.9 Å². The summed E-state index contributed by atoms with van der Waals surface area (Å²) in [6.07, 6.45) is 11.6. The molecule has 2 aliphatic rings. The predicted molar refractivity (Wildman–Crippen MR) is 165 cm³/mol. The lowest BCUT2D eigenvalue weighted by Crippen LogP contribution is -2.39. The van der Waals surface area contributed by atoms with Gasteiger partial charge in [0, 0.05) is 50.3 Å². The van der Waals surface area contributed by atoms with Crippen molar-refractivity contribution < 1.29 is 18.9 Å². The number of benzene rings is 1. The summed E-state index contributed by atoms with van der Waals surface area (Å²) in [7, 11) is -3.25. The van der Waals surface area contributed by atoms with Gasteiger partial charge in [-0.15, -0.1) is 10.6 Å². The number of aliphatic imine (C=N–C) groups is 1. The zero-order chi connectivity index (χ0) is 28.3. The Morgan fingerprint density at radius 3 is 2.62 bits per heavy atom. The molecule has 1 fully saturated rings. The molecule has 1 saturated heterocycles. The van der Waals surface area contributed by atoms with Gasteiger partial charge in [0.1, 0.15) is 11.1 Å². The summed E-state index contributed by atoms with van der Waals surface area (Å²) in [6.45, 7) is 7.47. The van der Waals surface area contributed by atoms with Crippen LogP contribution in [0.2, 0.25) is 0 Å². The quantitative estimate of drug-likeness (QED) is 0.282. The van der Waals surface area contributed by atoms with Gasteiger partial charge in [0.05, 0.1) is 15.8 Å². The fraction of sp³-hybridized carbons (Fsp3) is 0.448. The van der Waals surface area contributed by atoms with E-state index in [1.165, 1.54) is 28.4 Å². The Labute approximate surface area is 240 Å². The molecular formula is C29H37N5O4S2. The molecule has 3 N–H and O–H groups in total. The van der Waals surface area contributed by atoms with E-state index in [0.29, 0.717) is 18.2 Å². The van der Waals surface area contributed by atoms with Crippen LogP contribution < -0.4 is 9.64 Å². The Hall–Kier alpha value is -2.83. The molecule has 0 unspecified atom stereocenters.